The molecule has 2 rings (SSSR count). The Kier molecular flexibility index (Phi) is 5.23. The Morgan fingerprint density at radius 1 is 1.17 bits per heavy atom. The lowest BCUT2D eigenvalue weighted by Crippen LogP contribution is -2.17. The van der Waals surface area contributed by atoms with Crippen LogP contribution in [0, 0.1) is 13.8 Å². The molecule has 0 bridgehead atoms. The molecule has 23 heavy (non-hydrogen) atoms. The number of amides is 1. The molecule has 0 aromatic heterocycles. The average Bonchev–Trinajstić information content (AvgIpc) is 2.45. The second kappa shape index (κ2) is 6.82. The van der Waals surface area contributed by atoms with Crippen molar-refractivity contribution < 1.29 is 13.2 Å². The molecule has 0 atom stereocenters. The maximum Gasteiger partial charge on any atom is 0.238 e. The number of anilines is 1. The van der Waals surface area contributed by atoms with Crippen molar-refractivity contribution in [2.24, 2.45) is 5.14 Å². The number of hydrogen-bond donors (Lipinski definition) is 2. The van der Waals surface area contributed by atoms with E-state index in [0.717, 1.165) is 21.2 Å². The number of hydrogen-bond acceptors (Lipinski definition) is 3. The van der Waals surface area contributed by atoms with Gasteiger partial charge in [-0.15, -0.1) is 0 Å². The van der Waals surface area contributed by atoms with Crippen molar-refractivity contribution in [2.75, 3.05) is 5.32 Å². The predicted octanol–water partition coefficient (Wildman–Crippen LogP) is 2.89. The second-order valence-electron chi connectivity index (χ2n) is 5.31. The third-order valence-corrected chi connectivity index (χ3v) is 4.94. The van der Waals surface area contributed by atoms with Crippen LogP contribution in [0.15, 0.2) is 45.8 Å². The molecule has 2 aromatic carbocycles. The number of carbonyl (C=O) groups excluding carboxylic acids is 1. The Bertz CT molecular complexity index is 846. The fraction of sp³-hybridized carbons (Fsp3) is 0.188. The van der Waals surface area contributed by atoms with Gasteiger partial charge in [-0.3, -0.25) is 4.79 Å². The van der Waals surface area contributed by atoms with E-state index in [1.54, 1.807) is 6.92 Å². The first-order valence-corrected chi connectivity index (χ1v) is 9.19. The Hall–Kier alpha value is -1.70. The molecular weight excluding hydrogens is 380 g/mol. The fourth-order valence-corrected chi connectivity index (χ4v) is 2.99. The van der Waals surface area contributed by atoms with E-state index < -0.39 is 10.0 Å². The molecule has 0 saturated heterocycles. The second-order valence-corrected chi connectivity index (χ2v) is 7.79. The number of nitrogens with one attached hydrogen (secondary N) is 1. The fourth-order valence-electron chi connectivity index (χ4n) is 2.10. The minimum atomic E-state index is -3.82. The van der Waals surface area contributed by atoms with E-state index >= 15 is 0 Å². The smallest absolute Gasteiger partial charge is 0.238 e. The van der Waals surface area contributed by atoms with Crippen LogP contribution in [0.3, 0.4) is 0 Å². The van der Waals surface area contributed by atoms with Crippen LogP contribution in [-0.4, -0.2) is 14.3 Å². The zero-order valence-corrected chi connectivity index (χ0v) is 15.2. The van der Waals surface area contributed by atoms with Gasteiger partial charge in [-0.2, -0.15) is 0 Å². The van der Waals surface area contributed by atoms with Crippen molar-refractivity contribution in [3.8, 4) is 0 Å². The van der Waals surface area contributed by atoms with Crippen molar-refractivity contribution >= 4 is 37.5 Å². The zero-order chi connectivity index (χ0) is 17.2. The summed E-state index contributed by atoms with van der Waals surface area (Å²) in [6, 6.07) is 10.3. The van der Waals surface area contributed by atoms with Crippen LogP contribution in [0.4, 0.5) is 5.69 Å². The molecule has 0 aliphatic rings. The Morgan fingerprint density at radius 2 is 1.78 bits per heavy atom. The first kappa shape index (κ1) is 17.7. The molecule has 0 spiro atoms. The lowest BCUT2D eigenvalue weighted by Gasteiger charge is -2.13. The molecule has 0 fully saturated rings. The van der Waals surface area contributed by atoms with E-state index in [1.807, 2.05) is 31.2 Å². The molecule has 7 heteroatoms. The van der Waals surface area contributed by atoms with Crippen LogP contribution in [0.1, 0.15) is 16.7 Å². The SMILES string of the molecule is Cc1cc(S(N)(=O)=O)cc(NC(=O)Cc2ccc(Br)cc2)c1C. The highest BCUT2D eigenvalue weighted by molar-refractivity contribution is 9.10. The molecule has 1 amide bonds. The summed E-state index contributed by atoms with van der Waals surface area (Å²) >= 11 is 3.34. The van der Waals surface area contributed by atoms with Crippen LogP contribution >= 0.6 is 15.9 Å². The van der Waals surface area contributed by atoms with E-state index in [9.17, 15) is 13.2 Å². The lowest BCUT2D eigenvalue weighted by atomic mass is 10.1. The third kappa shape index (κ3) is 4.63. The molecule has 2 aromatic rings. The largest absolute Gasteiger partial charge is 0.326 e. The van der Waals surface area contributed by atoms with Crippen molar-refractivity contribution in [3.63, 3.8) is 0 Å². The summed E-state index contributed by atoms with van der Waals surface area (Å²) in [6.07, 6.45) is 0.200. The van der Waals surface area contributed by atoms with E-state index in [2.05, 4.69) is 21.2 Å². The van der Waals surface area contributed by atoms with Gasteiger partial charge in [0.2, 0.25) is 15.9 Å². The van der Waals surface area contributed by atoms with Gasteiger partial charge in [0.15, 0.2) is 0 Å². The highest BCUT2D eigenvalue weighted by Crippen LogP contribution is 2.23. The number of sulfonamides is 1. The molecule has 0 saturated carbocycles. The van der Waals surface area contributed by atoms with Crippen molar-refractivity contribution in [1.82, 2.24) is 0 Å². The minimum Gasteiger partial charge on any atom is -0.326 e. The summed E-state index contributed by atoms with van der Waals surface area (Å²) in [5, 5.41) is 7.92. The molecule has 3 N–H and O–H groups in total. The maximum atomic E-state index is 12.2. The topological polar surface area (TPSA) is 89.3 Å². The van der Waals surface area contributed by atoms with Gasteiger partial charge in [0.05, 0.1) is 11.3 Å². The average molecular weight is 397 g/mol. The number of benzene rings is 2. The van der Waals surface area contributed by atoms with E-state index in [-0.39, 0.29) is 17.2 Å². The number of carbonyl (C=O) groups is 1. The highest BCUT2D eigenvalue weighted by atomic mass is 79.9. The van der Waals surface area contributed by atoms with Crippen LogP contribution in [0.2, 0.25) is 0 Å². The molecular formula is C16H17BrN2O3S. The third-order valence-electron chi connectivity index (χ3n) is 3.52. The first-order chi connectivity index (χ1) is 10.7. The van der Waals surface area contributed by atoms with Crippen LogP contribution in [0.5, 0.6) is 0 Å². The molecule has 0 unspecified atom stereocenters. The van der Waals surface area contributed by atoms with Gasteiger partial charge in [-0.05, 0) is 54.8 Å². The van der Waals surface area contributed by atoms with Gasteiger partial charge in [0.25, 0.3) is 0 Å². The standard InChI is InChI=1S/C16H17BrN2O3S/c1-10-7-14(23(18,21)22)9-15(11(10)2)19-16(20)8-12-3-5-13(17)6-4-12/h3-7,9H,8H2,1-2H3,(H,19,20)(H2,18,21,22). The monoisotopic (exact) mass is 396 g/mol. The lowest BCUT2D eigenvalue weighted by molar-refractivity contribution is -0.115. The summed E-state index contributed by atoms with van der Waals surface area (Å²) in [4.78, 5) is 12.2. The molecule has 0 radical (unpaired) electrons. The van der Waals surface area contributed by atoms with E-state index in [0.29, 0.717) is 5.69 Å². The van der Waals surface area contributed by atoms with E-state index in [4.69, 9.17) is 5.14 Å². The molecule has 0 heterocycles. The van der Waals surface area contributed by atoms with E-state index in [1.165, 1.54) is 12.1 Å². The van der Waals surface area contributed by atoms with Crippen molar-refractivity contribution in [3.05, 3.63) is 57.6 Å². The number of rotatable bonds is 4. The first-order valence-electron chi connectivity index (χ1n) is 6.85. The Morgan fingerprint density at radius 3 is 2.35 bits per heavy atom. The van der Waals surface area contributed by atoms with Crippen LogP contribution < -0.4 is 10.5 Å². The van der Waals surface area contributed by atoms with Gasteiger partial charge in [-0.25, -0.2) is 13.6 Å². The maximum absolute atomic E-state index is 12.2. The predicted molar refractivity (Wildman–Crippen MR) is 93.8 cm³/mol. The van der Waals surface area contributed by atoms with Gasteiger partial charge >= 0.3 is 0 Å². The van der Waals surface area contributed by atoms with Crippen molar-refractivity contribution in [1.29, 1.82) is 0 Å². The Balaban J connectivity index is 2.23. The Labute approximate surface area is 144 Å². The molecule has 122 valence electrons. The highest BCUT2D eigenvalue weighted by Gasteiger charge is 2.14. The summed E-state index contributed by atoms with van der Waals surface area (Å²) < 4.78 is 24.0. The quantitative estimate of drug-likeness (QED) is 0.832. The summed E-state index contributed by atoms with van der Waals surface area (Å²) in [6.45, 7) is 3.59. The number of primary sulfonamides is 1. The van der Waals surface area contributed by atoms with Gasteiger partial charge in [0.1, 0.15) is 0 Å². The van der Waals surface area contributed by atoms with Gasteiger partial charge in [-0.1, -0.05) is 28.1 Å². The molecule has 0 aliphatic heterocycles. The summed E-state index contributed by atoms with van der Waals surface area (Å²) in [5.41, 5.74) is 2.87. The van der Waals surface area contributed by atoms with Crippen LogP contribution in [0.25, 0.3) is 0 Å². The number of halogens is 1. The van der Waals surface area contributed by atoms with Crippen molar-refractivity contribution in [2.45, 2.75) is 25.2 Å². The summed E-state index contributed by atoms with van der Waals surface area (Å²) in [5.74, 6) is -0.221. The number of nitrogens with two attached hydrogens (primary N) is 1. The number of aryl methyl sites for hydroxylation is 1. The minimum absolute atomic E-state index is 0.0143. The normalized spacial score (nSPS) is 11.3. The zero-order valence-electron chi connectivity index (χ0n) is 12.8. The van der Waals surface area contributed by atoms with Gasteiger partial charge < -0.3 is 5.32 Å². The van der Waals surface area contributed by atoms with Crippen LogP contribution in [-0.2, 0) is 21.2 Å². The molecule has 0 aliphatic carbocycles. The summed E-state index contributed by atoms with van der Waals surface area (Å²) in [7, 11) is -3.82. The van der Waals surface area contributed by atoms with Gasteiger partial charge in [0, 0.05) is 10.2 Å². The molecule has 5 nitrogen and oxygen atoms in total.